The monoisotopic (exact) mass is 234 g/mol. The zero-order valence-corrected chi connectivity index (χ0v) is 10.2. The van der Waals surface area contributed by atoms with E-state index in [1.165, 1.54) is 0 Å². The summed E-state index contributed by atoms with van der Waals surface area (Å²) in [5.74, 6) is -0.0675. The quantitative estimate of drug-likeness (QED) is 0.821. The summed E-state index contributed by atoms with van der Waals surface area (Å²) in [6.07, 6.45) is 0.574. The fraction of sp³-hybridized carbons (Fsp3) is 0.462. The Bertz CT molecular complexity index is 457. The average Bonchev–Trinajstić information content (AvgIpc) is 2.49. The van der Waals surface area contributed by atoms with Crippen LogP contribution < -0.4 is 10.6 Å². The topological polar surface area (TPSA) is 66.6 Å². The lowest BCUT2D eigenvalue weighted by atomic mass is 10.0. The number of carbonyl (C=O) groups excluding carboxylic acids is 1. The molecule has 1 aromatic rings. The van der Waals surface area contributed by atoms with Crippen molar-refractivity contribution in [3.05, 3.63) is 28.8 Å². The minimum Gasteiger partial charge on any atom is -0.396 e. The molecular weight excluding hydrogens is 216 g/mol. The van der Waals surface area contributed by atoms with Crippen LogP contribution in [-0.2, 0) is 4.79 Å². The number of hydrogen-bond acceptors (Lipinski definition) is 3. The molecule has 4 nitrogen and oxygen atoms in total. The molecule has 1 unspecified atom stereocenters. The fourth-order valence-electron chi connectivity index (χ4n) is 2.45. The minimum atomic E-state index is -0.552. The van der Waals surface area contributed by atoms with Crippen LogP contribution in [0.4, 0.5) is 5.69 Å². The molecule has 0 aliphatic carbocycles. The summed E-state index contributed by atoms with van der Waals surface area (Å²) in [6.45, 7) is 4.60. The molecule has 1 heterocycles. The highest BCUT2D eigenvalue weighted by molar-refractivity contribution is 6.05. The molecule has 0 saturated heterocycles. The third-order valence-electron chi connectivity index (χ3n) is 3.18. The normalized spacial score (nSPS) is 18.7. The Morgan fingerprint density at radius 1 is 1.41 bits per heavy atom. The maximum absolute atomic E-state index is 12.1. The number of benzene rings is 1. The second kappa shape index (κ2) is 4.47. The summed E-state index contributed by atoms with van der Waals surface area (Å²) in [7, 11) is 0. The van der Waals surface area contributed by atoms with Gasteiger partial charge >= 0.3 is 0 Å². The van der Waals surface area contributed by atoms with Gasteiger partial charge in [-0.25, -0.2) is 0 Å². The number of nitrogens with two attached hydrogens (primary N) is 1. The first-order valence-corrected chi connectivity index (χ1v) is 5.85. The standard InChI is InChI=1S/C13H18N2O2/c1-8-6-9(2)11-10(7-8)15(4-3-5-16)13(17)12(11)14/h6-7,12,16H,3-5,14H2,1-2H3. The number of carbonyl (C=O) groups is 1. The van der Waals surface area contributed by atoms with E-state index < -0.39 is 6.04 Å². The Kier molecular flexibility index (Phi) is 3.17. The van der Waals surface area contributed by atoms with E-state index in [1.54, 1.807) is 4.90 Å². The third-order valence-corrected chi connectivity index (χ3v) is 3.18. The Balaban J connectivity index is 2.44. The fourth-order valence-corrected chi connectivity index (χ4v) is 2.45. The van der Waals surface area contributed by atoms with E-state index >= 15 is 0 Å². The highest BCUT2D eigenvalue weighted by Gasteiger charge is 2.35. The molecule has 1 atom stereocenters. The molecule has 0 bridgehead atoms. The van der Waals surface area contributed by atoms with E-state index in [4.69, 9.17) is 10.8 Å². The summed E-state index contributed by atoms with van der Waals surface area (Å²) in [6, 6.07) is 3.48. The Morgan fingerprint density at radius 2 is 2.12 bits per heavy atom. The zero-order valence-electron chi connectivity index (χ0n) is 10.2. The van der Waals surface area contributed by atoms with E-state index in [-0.39, 0.29) is 12.5 Å². The first kappa shape index (κ1) is 12.1. The van der Waals surface area contributed by atoms with E-state index in [1.807, 2.05) is 26.0 Å². The van der Waals surface area contributed by atoms with Crippen molar-refractivity contribution in [1.29, 1.82) is 0 Å². The predicted octanol–water partition coefficient (Wildman–Crippen LogP) is 1.03. The van der Waals surface area contributed by atoms with Gasteiger partial charge in [0, 0.05) is 24.4 Å². The van der Waals surface area contributed by atoms with Gasteiger partial charge in [0.2, 0.25) is 5.91 Å². The van der Waals surface area contributed by atoms with Crippen LogP contribution in [0.2, 0.25) is 0 Å². The van der Waals surface area contributed by atoms with Crippen molar-refractivity contribution in [2.24, 2.45) is 5.73 Å². The van der Waals surface area contributed by atoms with Crippen molar-refractivity contribution >= 4 is 11.6 Å². The lowest BCUT2D eigenvalue weighted by Crippen LogP contribution is -2.32. The smallest absolute Gasteiger partial charge is 0.248 e. The molecule has 0 aromatic heterocycles. The van der Waals surface area contributed by atoms with Crippen molar-refractivity contribution in [3.8, 4) is 0 Å². The summed E-state index contributed by atoms with van der Waals surface area (Å²) in [5.41, 5.74) is 9.97. The van der Waals surface area contributed by atoms with Crippen LogP contribution in [0.5, 0.6) is 0 Å². The van der Waals surface area contributed by atoms with Gasteiger partial charge in [0.1, 0.15) is 6.04 Å². The predicted molar refractivity (Wildman–Crippen MR) is 66.9 cm³/mol. The first-order valence-electron chi connectivity index (χ1n) is 5.85. The second-order valence-electron chi connectivity index (χ2n) is 4.56. The SMILES string of the molecule is Cc1cc(C)c2c(c1)N(CCCO)C(=O)C2N. The number of amides is 1. The van der Waals surface area contributed by atoms with Gasteiger partial charge in [0.15, 0.2) is 0 Å². The van der Waals surface area contributed by atoms with Gasteiger partial charge in [-0.2, -0.15) is 0 Å². The Morgan fingerprint density at radius 3 is 2.76 bits per heavy atom. The van der Waals surface area contributed by atoms with Crippen molar-refractivity contribution in [2.45, 2.75) is 26.3 Å². The number of aryl methyl sites for hydroxylation is 2. The van der Waals surface area contributed by atoms with Crippen molar-refractivity contribution in [3.63, 3.8) is 0 Å². The molecule has 4 heteroatoms. The number of aliphatic hydroxyl groups is 1. The maximum atomic E-state index is 12.1. The van der Waals surface area contributed by atoms with Crippen LogP contribution in [0.25, 0.3) is 0 Å². The number of nitrogens with zero attached hydrogens (tertiary/aromatic N) is 1. The molecule has 1 aliphatic rings. The number of fused-ring (bicyclic) bond motifs is 1. The van der Waals surface area contributed by atoms with Crippen LogP contribution >= 0.6 is 0 Å². The number of rotatable bonds is 3. The van der Waals surface area contributed by atoms with Gasteiger partial charge < -0.3 is 15.7 Å². The van der Waals surface area contributed by atoms with Gasteiger partial charge in [-0.1, -0.05) is 6.07 Å². The summed E-state index contributed by atoms with van der Waals surface area (Å²) in [4.78, 5) is 13.7. The highest BCUT2D eigenvalue weighted by Crippen LogP contribution is 2.37. The lowest BCUT2D eigenvalue weighted by molar-refractivity contribution is -0.119. The number of anilines is 1. The Labute approximate surface area is 101 Å². The minimum absolute atomic E-state index is 0.0675. The van der Waals surface area contributed by atoms with Crippen molar-refractivity contribution in [1.82, 2.24) is 0 Å². The Hall–Kier alpha value is -1.39. The van der Waals surface area contributed by atoms with Gasteiger partial charge in [-0.05, 0) is 37.5 Å². The molecule has 1 aliphatic heterocycles. The van der Waals surface area contributed by atoms with Crippen LogP contribution in [-0.4, -0.2) is 24.2 Å². The van der Waals surface area contributed by atoms with E-state index in [0.717, 1.165) is 22.4 Å². The number of hydrogen-bond donors (Lipinski definition) is 2. The van der Waals surface area contributed by atoms with Crippen LogP contribution in [0.3, 0.4) is 0 Å². The van der Waals surface area contributed by atoms with Crippen molar-refractivity contribution < 1.29 is 9.90 Å². The summed E-state index contributed by atoms with van der Waals surface area (Å²) >= 11 is 0. The van der Waals surface area contributed by atoms with Crippen LogP contribution in [0, 0.1) is 13.8 Å². The molecule has 17 heavy (non-hydrogen) atoms. The van der Waals surface area contributed by atoms with E-state index in [2.05, 4.69) is 0 Å². The van der Waals surface area contributed by atoms with Crippen LogP contribution in [0.1, 0.15) is 29.2 Å². The van der Waals surface area contributed by atoms with E-state index in [9.17, 15) is 4.79 Å². The van der Waals surface area contributed by atoms with Gasteiger partial charge in [-0.15, -0.1) is 0 Å². The molecule has 1 aromatic carbocycles. The molecule has 0 fully saturated rings. The van der Waals surface area contributed by atoms with Gasteiger partial charge in [0.25, 0.3) is 0 Å². The lowest BCUT2D eigenvalue weighted by Gasteiger charge is -2.17. The molecule has 3 N–H and O–H groups in total. The molecule has 1 amide bonds. The van der Waals surface area contributed by atoms with Crippen LogP contribution in [0.15, 0.2) is 12.1 Å². The van der Waals surface area contributed by atoms with E-state index in [0.29, 0.717) is 13.0 Å². The molecule has 0 radical (unpaired) electrons. The van der Waals surface area contributed by atoms with Crippen molar-refractivity contribution in [2.75, 3.05) is 18.1 Å². The highest BCUT2D eigenvalue weighted by atomic mass is 16.3. The number of aliphatic hydroxyl groups excluding tert-OH is 1. The van der Waals surface area contributed by atoms with Gasteiger partial charge in [-0.3, -0.25) is 4.79 Å². The largest absolute Gasteiger partial charge is 0.396 e. The summed E-state index contributed by atoms with van der Waals surface area (Å²) < 4.78 is 0. The molecule has 0 spiro atoms. The average molecular weight is 234 g/mol. The zero-order chi connectivity index (χ0) is 12.6. The molecule has 92 valence electrons. The maximum Gasteiger partial charge on any atom is 0.248 e. The molecule has 0 saturated carbocycles. The second-order valence-corrected chi connectivity index (χ2v) is 4.56. The molecule has 2 rings (SSSR count). The van der Waals surface area contributed by atoms with Gasteiger partial charge in [0.05, 0.1) is 0 Å². The third kappa shape index (κ3) is 1.94. The molecular formula is C13H18N2O2. The first-order chi connectivity index (χ1) is 8.06. The summed E-state index contributed by atoms with van der Waals surface area (Å²) in [5, 5.41) is 8.87.